The molecule has 0 aromatic heterocycles. The molecular formula is C10H9FN2O4. The van der Waals surface area contributed by atoms with E-state index >= 15 is 0 Å². The van der Waals surface area contributed by atoms with E-state index in [-0.39, 0.29) is 11.3 Å². The van der Waals surface area contributed by atoms with Gasteiger partial charge in [-0.15, -0.1) is 0 Å². The summed E-state index contributed by atoms with van der Waals surface area (Å²) in [6.45, 7) is 0.753. The van der Waals surface area contributed by atoms with E-state index in [1.807, 2.05) is 0 Å². The Labute approximate surface area is 95.7 Å². The molecule has 1 aliphatic heterocycles. The molecule has 1 fully saturated rings. The molecule has 7 heteroatoms. The zero-order valence-corrected chi connectivity index (χ0v) is 8.76. The topological polar surface area (TPSA) is 72.7 Å². The third kappa shape index (κ3) is 2.23. The van der Waals surface area contributed by atoms with E-state index in [2.05, 4.69) is 0 Å². The van der Waals surface area contributed by atoms with Gasteiger partial charge in [-0.05, 0) is 12.5 Å². The van der Waals surface area contributed by atoms with Gasteiger partial charge in [0.05, 0.1) is 23.6 Å². The minimum atomic E-state index is -0.795. The molecule has 0 aliphatic carbocycles. The van der Waals surface area contributed by atoms with Crippen molar-refractivity contribution in [3.63, 3.8) is 0 Å². The molecule has 1 amide bonds. The molecule has 1 heterocycles. The zero-order chi connectivity index (χ0) is 12.4. The van der Waals surface area contributed by atoms with Crippen molar-refractivity contribution in [3.8, 4) is 0 Å². The van der Waals surface area contributed by atoms with Crippen molar-refractivity contribution in [2.24, 2.45) is 0 Å². The Morgan fingerprint density at radius 2 is 2.29 bits per heavy atom. The normalized spacial score (nSPS) is 15.0. The molecule has 0 bridgehead atoms. The lowest BCUT2D eigenvalue weighted by molar-refractivity contribution is -0.384. The Hall–Kier alpha value is -2.02. The van der Waals surface area contributed by atoms with E-state index in [0.29, 0.717) is 19.6 Å². The smallest absolute Gasteiger partial charge is 0.271 e. The van der Waals surface area contributed by atoms with Crippen molar-refractivity contribution in [2.45, 2.75) is 6.42 Å². The van der Waals surface area contributed by atoms with Crippen LogP contribution in [0.25, 0.3) is 0 Å². The molecule has 0 atom stereocenters. The molecule has 90 valence electrons. The van der Waals surface area contributed by atoms with Crippen LogP contribution in [0, 0.1) is 15.9 Å². The summed E-state index contributed by atoms with van der Waals surface area (Å²) in [5, 5.41) is 11.6. The molecule has 0 unspecified atom stereocenters. The van der Waals surface area contributed by atoms with Crippen molar-refractivity contribution >= 4 is 11.6 Å². The molecular weight excluding hydrogens is 231 g/mol. The van der Waals surface area contributed by atoms with Crippen LogP contribution < -0.4 is 0 Å². The summed E-state index contributed by atoms with van der Waals surface area (Å²) >= 11 is 0. The van der Waals surface area contributed by atoms with Crippen LogP contribution in [-0.2, 0) is 4.84 Å². The number of rotatable bonds is 2. The molecule has 1 aliphatic rings. The van der Waals surface area contributed by atoms with Crippen LogP contribution in [0.5, 0.6) is 0 Å². The lowest BCUT2D eigenvalue weighted by atomic mass is 10.1. The predicted molar refractivity (Wildman–Crippen MR) is 54.7 cm³/mol. The van der Waals surface area contributed by atoms with Crippen LogP contribution in [0.15, 0.2) is 18.2 Å². The van der Waals surface area contributed by atoms with Gasteiger partial charge in [0, 0.05) is 12.1 Å². The minimum Gasteiger partial charge on any atom is -0.271 e. The van der Waals surface area contributed by atoms with Gasteiger partial charge >= 0.3 is 0 Å². The van der Waals surface area contributed by atoms with Gasteiger partial charge in [0.2, 0.25) is 0 Å². The fourth-order valence-corrected chi connectivity index (χ4v) is 1.53. The molecule has 1 aromatic carbocycles. The van der Waals surface area contributed by atoms with Gasteiger partial charge in [0.25, 0.3) is 11.6 Å². The van der Waals surface area contributed by atoms with Crippen molar-refractivity contribution in [1.29, 1.82) is 0 Å². The number of nitrogens with zero attached hydrogens (tertiary/aromatic N) is 2. The number of hydrogen-bond acceptors (Lipinski definition) is 4. The molecule has 1 saturated heterocycles. The highest BCUT2D eigenvalue weighted by atomic mass is 19.1. The van der Waals surface area contributed by atoms with E-state index < -0.39 is 16.6 Å². The van der Waals surface area contributed by atoms with Crippen molar-refractivity contribution < 1.29 is 18.9 Å². The highest BCUT2D eigenvalue weighted by Gasteiger charge is 2.25. The molecule has 17 heavy (non-hydrogen) atoms. The highest BCUT2D eigenvalue weighted by molar-refractivity contribution is 5.94. The number of nitro groups is 1. The maximum Gasteiger partial charge on any atom is 0.280 e. The number of amides is 1. The number of carbonyl (C=O) groups excluding carboxylic acids is 1. The lowest BCUT2D eigenvalue weighted by Crippen LogP contribution is -2.27. The zero-order valence-electron chi connectivity index (χ0n) is 8.76. The second-order valence-electron chi connectivity index (χ2n) is 3.52. The van der Waals surface area contributed by atoms with E-state index in [4.69, 9.17) is 4.84 Å². The lowest BCUT2D eigenvalue weighted by Gasteiger charge is -2.13. The monoisotopic (exact) mass is 240 g/mol. The first-order valence-electron chi connectivity index (χ1n) is 4.98. The maximum atomic E-state index is 13.4. The summed E-state index contributed by atoms with van der Waals surface area (Å²) < 4.78 is 13.4. The van der Waals surface area contributed by atoms with E-state index in [1.54, 1.807) is 0 Å². The molecule has 6 nitrogen and oxygen atoms in total. The summed E-state index contributed by atoms with van der Waals surface area (Å²) in [4.78, 5) is 26.6. The van der Waals surface area contributed by atoms with E-state index in [1.165, 1.54) is 0 Å². The first kappa shape index (κ1) is 11.5. The van der Waals surface area contributed by atoms with Crippen LogP contribution >= 0.6 is 0 Å². The van der Waals surface area contributed by atoms with Gasteiger partial charge in [-0.3, -0.25) is 19.7 Å². The number of nitro benzene ring substituents is 1. The standard InChI is InChI=1S/C10H9FN2O4/c11-9-3-2-7(13(15)16)6-8(9)10(14)12-4-1-5-17-12/h2-3,6H,1,4-5H2. The van der Waals surface area contributed by atoms with Crippen LogP contribution in [-0.4, -0.2) is 29.0 Å². The summed E-state index contributed by atoms with van der Waals surface area (Å²) in [5.41, 5.74) is -0.671. The molecule has 0 N–H and O–H groups in total. The second kappa shape index (κ2) is 4.46. The molecule has 1 aromatic rings. The average Bonchev–Trinajstić information content (AvgIpc) is 2.81. The van der Waals surface area contributed by atoms with Gasteiger partial charge in [-0.25, -0.2) is 9.45 Å². The Morgan fingerprint density at radius 1 is 1.53 bits per heavy atom. The summed E-state index contributed by atoms with van der Waals surface area (Å²) in [6, 6.07) is 2.83. The molecule has 2 rings (SSSR count). The Balaban J connectivity index is 2.32. The third-order valence-corrected chi connectivity index (χ3v) is 2.37. The number of halogens is 1. The third-order valence-electron chi connectivity index (χ3n) is 2.37. The maximum absolute atomic E-state index is 13.4. The Kier molecular flexibility index (Phi) is 3.01. The first-order valence-corrected chi connectivity index (χ1v) is 4.98. The fraction of sp³-hybridized carbons (Fsp3) is 0.300. The van der Waals surface area contributed by atoms with Gasteiger partial charge < -0.3 is 0 Å². The van der Waals surface area contributed by atoms with Crippen LogP contribution in [0.4, 0.5) is 10.1 Å². The van der Waals surface area contributed by atoms with Gasteiger partial charge in [0.15, 0.2) is 0 Å². The highest BCUT2D eigenvalue weighted by Crippen LogP contribution is 2.19. The summed E-state index contributed by atoms with van der Waals surface area (Å²) in [7, 11) is 0. The van der Waals surface area contributed by atoms with Crippen LogP contribution in [0.1, 0.15) is 16.8 Å². The SMILES string of the molecule is O=C(c1cc([N+](=O)[O-])ccc1F)N1CCCO1. The quantitative estimate of drug-likeness (QED) is 0.580. The number of benzene rings is 1. The second-order valence-corrected chi connectivity index (χ2v) is 3.52. The van der Waals surface area contributed by atoms with Gasteiger partial charge in [-0.2, -0.15) is 0 Å². The largest absolute Gasteiger partial charge is 0.280 e. The summed E-state index contributed by atoms with van der Waals surface area (Å²) in [6.07, 6.45) is 0.669. The average molecular weight is 240 g/mol. The molecule has 0 spiro atoms. The summed E-state index contributed by atoms with van der Waals surface area (Å²) in [5.74, 6) is -1.49. The van der Waals surface area contributed by atoms with Crippen molar-refractivity contribution in [3.05, 3.63) is 39.7 Å². The Bertz CT molecular complexity index is 471. The van der Waals surface area contributed by atoms with Crippen LogP contribution in [0.2, 0.25) is 0 Å². The number of hydrogen-bond donors (Lipinski definition) is 0. The molecule has 0 radical (unpaired) electrons. The molecule has 0 saturated carbocycles. The predicted octanol–water partition coefficient (Wildman–Crippen LogP) is 1.51. The minimum absolute atomic E-state index is 0.325. The van der Waals surface area contributed by atoms with E-state index in [9.17, 15) is 19.3 Å². The van der Waals surface area contributed by atoms with Gasteiger partial charge in [0.1, 0.15) is 5.82 Å². The first-order chi connectivity index (χ1) is 8.09. The number of hydroxylamine groups is 2. The Morgan fingerprint density at radius 3 is 2.88 bits per heavy atom. The fourth-order valence-electron chi connectivity index (χ4n) is 1.53. The number of non-ortho nitro benzene ring substituents is 1. The van der Waals surface area contributed by atoms with Crippen molar-refractivity contribution in [1.82, 2.24) is 5.06 Å². The van der Waals surface area contributed by atoms with Gasteiger partial charge in [-0.1, -0.05) is 0 Å². The van der Waals surface area contributed by atoms with Crippen LogP contribution in [0.3, 0.4) is 0 Å². The van der Waals surface area contributed by atoms with E-state index in [0.717, 1.165) is 23.3 Å². The van der Waals surface area contributed by atoms with Crippen molar-refractivity contribution in [2.75, 3.05) is 13.2 Å². The number of carbonyl (C=O) groups is 1.